The first-order valence-electron chi connectivity index (χ1n) is 12.1. The van der Waals surface area contributed by atoms with Gasteiger partial charge in [-0.15, -0.1) is 0 Å². The standard InChI is InChI=1S/C29H27ClN4O2S/c1-18-6-5-7-21(16-18)32-26(35)13-15-34-28(27(33-29(34)37)23-8-3-4-14-31-23)25-12-11-24(36-25)22-17-20(30)10-9-19(22)2/h3-12,14,16-17,27-28H,13,15H2,1-2H3,(H,32,35)(H,33,37)/t27-,28-/m0/s1. The lowest BCUT2D eigenvalue weighted by molar-refractivity contribution is -0.116. The van der Waals surface area contributed by atoms with Crippen LogP contribution in [0, 0.1) is 13.8 Å². The number of anilines is 1. The number of hydrogen-bond acceptors (Lipinski definition) is 4. The van der Waals surface area contributed by atoms with Crippen molar-refractivity contribution in [2.45, 2.75) is 32.4 Å². The quantitative estimate of drug-likeness (QED) is 0.262. The van der Waals surface area contributed by atoms with Crippen LogP contribution in [0.3, 0.4) is 0 Å². The molecule has 2 N–H and O–H groups in total. The maximum atomic E-state index is 12.8. The number of furan rings is 1. The summed E-state index contributed by atoms with van der Waals surface area (Å²) in [6, 6.07) is 22.7. The second kappa shape index (κ2) is 10.7. The van der Waals surface area contributed by atoms with Gasteiger partial charge in [-0.1, -0.05) is 35.9 Å². The fourth-order valence-electron chi connectivity index (χ4n) is 4.64. The lowest BCUT2D eigenvalue weighted by Crippen LogP contribution is -2.32. The zero-order chi connectivity index (χ0) is 25.9. The maximum absolute atomic E-state index is 12.8. The predicted molar refractivity (Wildman–Crippen MR) is 150 cm³/mol. The smallest absolute Gasteiger partial charge is 0.226 e. The Labute approximate surface area is 226 Å². The van der Waals surface area contributed by atoms with Gasteiger partial charge in [-0.25, -0.2) is 0 Å². The average molecular weight is 531 g/mol. The van der Waals surface area contributed by atoms with Gasteiger partial charge in [0.05, 0.1) is 11.7 Å². The Hall–Kier alpha value is -3.68. The first kappa shape index (κ1) is 25.0. The minimum Gasteiger partial charge on any atom is -0.459 e. The van der Waals surface area contributed by atoms with Gasteiger partial charge in [0.1, 0.15) is 17.6 Å². The van der Waals surface area contributed by atoms with E-state index in [0.717, 1.165) is 39.6 Å². The highest BCUT2D eigenvalue weighted by Gasteiger charge is 2.41. The summed E-state index contributed by atoms with van der Waals surface area (Å²) in [5, 5.41) is 7.58. The molecule has 2 atom stereocenters. The van der Waals surface area contributed by atoms with Gasteiger partial charge in [0.15, 0.2) is 5.11 Å². The molecule has 3 heterocycles. The van der Waals surface area contributed by atoms with E-state index in [9.17, 15) is 4.79 Å². The van der Waals surface area contributed by atoms with E-state index in [0.29, 0.717) is 16.7 Å². The van der Waals surface area contributed by atoms with Crippen molar-refractivity contribution in [3.63, 3.8) is 0 Å². The highest BCUT2D eigenvalue weighted by atomic mass is 35.5. The average Bonchev–Trinajstić information content (AvgIpc) is 3.49. The van der Waals surface area contributed by atoms with Crippen molar-refractivity contribution in [2.24, 2.45) is 0 Å². The SMILES string of the molecule is Cc1cccc(NC(=O)CCN2C(=S)N[C@@H](c3ccccn3)[C@@H]2c2ccc(-c3cc(Cl)ccc3C)o2)c1. The maximum Gasteiger partial charge on any atom is 0.226 e. The molecule has 0 aliphatic carbocycles. The number of nitrogens with zero attached hydrogens (tertiary/aromatic N) is 2. The molecule has 1 fully saturated rings. The molecule has 37 heavy (non-hydrogen) atoms. The molecule has 1 aliphatic rings. The molecule has 188 valence electrons. The van der Waals surface area contributed by atoms with Crippen LogP contribution in [-0.2, 0) is 4.79 Å². The summed E-state index contributed by atoms with van der Waals surface area (Å²) in [4.78, 5) is 19.4. The Bertz CT molecular complexity index is 1440. The molecule has 0 unspecified atom stereocenters. The van der Waals surface area contributed by atoms with E-state index in [2.05, 4.69) is 15.6 Å². The first-order valence-corrected chi connectivity index (χ1v) is 12.9. The van der Waals surface area contributed by atoms with Crippen LogP contribution in [0.5, 0.6) is 0 Å². The lowest BCUT2D eigenvalue weighted by Gasteiger charge is -2.26. The molecule has 2 aromatic carbocycles. The van der Waals surface area contributed by atoms with E-state index < -0.39 is 0 Å². The highest BCUT2D eigenvalue weighted by molar-refractivity contribution is 7.80. The van der Waals surface area contributed by atoms with Crippen LogP contribution in [0.2, 0.25) is 5.02 Å². The summed E-state index contributed by atoms with van der Waals surface area (Å²) in [6.07, 6.45) is 2.03. The third-order valence-electron chi connectivity index (χ3n) is 6.46. The van der Waals surface area contributed by atoms with Crippen molar-refractivity contribution in [1.82, 2.24) is 15.2 Å². The molecule has 8 heteroatoms. The van der Waals surface area contributed by atoms with E-state index in [1.165, 1.54) is 0 Å². The summed E-state index contributed by atoms with van der Waals surface area (Å²) in [7, 11) is 0. The highest BCUT2D eigenvalue weighted by Crippen LogP contribution is 2.41. The molecular formula is C29H27ClN4O2S. The number of carbonyl (C=O) groups excluding carboxylic acids is 1. The van der Waals surface area contributed by atoms with Crippen molar-refractivity contribution in [3.05, 3.63) is 107 Å². The lowest BCUT2D eigenvalue weighted by atomic mass is 10.0. The van der Waals surface area contributed by atoms with E-state index >= 15 is 0 Å². The number of amides is 1. The van der Waals surface area contributed by atoms with Crippen molar-refractivity contribution >= 4 is 40.5 Å². The molecule has 0 saturated carbocycles. The third kappa shape index (κ3) is 5.53. The topological polar surface area (TPSA) is 70.4 Å². The minimum atomic E-state index is -0.276. The number of halogens is 1. The molecule has 6 nitrogen and oxygen atoms in total. The number of hydrogen-bond donors (Lipinski definition) is 2. The number of nitrogens with one attached hydrogen (secondary N) is 2. The summed E-state index contributed by atoms with van der Waals surface area (Å²) in [5.74, 6) is 1.38. The molecule has 0 spiro atoms. The van der Waals surface area contributed by atoms with Gasteiger partial charge in [0.2, 0.25) is 5.91 Å². The summed E-state index contributed by atoms with van der Waals surface area (Å²) in [6.45, 7) is 4.44. The summed E-state index contributed by atoms with van der Waals surface area (Å²) < 4.78 is 6.41. The second-order valence-corrected chi connectivity index (χ2v) is 9.97. The number of aryl methyl sites for hydroxylation is 2. The Morgan fingerprint density at radius 3 is 2.76 bits per heavy atom. The summed E-state index contributed by atoms with van der Waals surface area (Å²) >= 11 is 12.0. The van der Waals surface area contributed by atoms with Crippen LogP contribution < -0.4 is 10.6 Å². The predicted octanol–water partition coefficient (Wildman–Crippen LogP) is 6.61. The van der Waals surface area contributed by atoms with Crippen molar-refractivity contribution in [1.29, 1.82) is 0 Å². The van der Waals surface area contributed by atoms with Crippen molar-refractivity contribution < 1.29 is 9.21 Å². The first-order chi connectivity index (χ1) is 17.9. The van der Waals surface area contributed by atoms with Crippen LogP contribution in [0.1, 0.15) is 41.1 Å². The normalized spacial score (nSPS) is 17.1. The summed E-state index contributed by atoms with van der Waals surface area (Å²) in [5.41, 5.74) is 4.72. The minimum absolute atomic E-state index is 0.0804. The van der Waals surface area contributed by atoms with Crippen molar-refractivity contribution in [2.75, 3.05) is 11.9 Å². The molecule has 0 bridgehead atoms. The molecule has 1 aliphatic heterocycles. The van der Waals surface area contributed by atoms with Gasteiger partial charge in [-0.05, 0) is 85.7 Å². The Morgan fingerprint density at radius 1 is 1.11 bits per heavy atom. The molecule has 5 rings (SSSR count). The Balaban J connectivity index is 1.41. The molecule has 1 saturated heterocycles. The van der Waals surface area contributed by atoms with E-state index in [1.54, 1.807) is 6.20 Å². The van der Waals surface area contributed by atoms with Crippen LogP contribution in [-0.4, -0.2) is 27.4 Å². The molecular weight excluding hydrogens is 504 g/mol. The van der Waals surface area contributed by atoms with Gasteiger partial charge >= 0.3 is 0 Å². The zero-order valence-corrected chi connectivity index (χ0v) is 22.1. The Kier molecular flexibility index (Phi) is 7.26. The molecule has 2 aromatic heterocycles. The van der Waals surface area contributed by atoms with Gasteiger partial charge in [0, 0.05) is 35.4 Å². The van der Waals surface area contributed by atoms with E-state index in [1.807, 2.05) is 91.5 Å². The molecule has 4 aromatic rings. The van der Waals surface area contributed by atoms with E-state index in [4.69, 9.17) is 28.2 Å². The number of pyridine rings is 1. The van der Waals surface area contributed by atoms with Crippen LogP contribution in [0.25, 0.3) is 11.3 Å². The number of rotatable bonds is 7. The number of benzene rings is 2. The van der Waals surface area contributed by atoms with Gasteiger partial charge in [-0.2, -0.15) is 0 Å². The van der Waals surface area contributed by atoms with Crippen molar-refractivity contribution in [3.8, 4) is 11.3 Å². The van der Waals surface area contributed by atoms with Gasteiger partial charge in [0.25, 0.3) is 0 Å². The van der Waals surface area contributed by atoms with Crippen LogP contribution in [0.15, 0.2) is 83.4 Å². The van der Waals surface area contributed by atoms with Gasteiger partial charge < -0.3 is 20.0 Å². The second-order valence-electron chi connectivity index (χ2n) is 9.15. The van der Waals surface area contributed by atoms with Crippen LogP contribution >= 0.6 is 23.8 Å². The van der Waals surface area contributed by atoms with E-state index in [-0.39, 0.29) is 24.4 Å². The Morgan fingerprint density at radius 2 is 1.97 bits per heavy atom. The third-order valence-corrected chi connectivity index (χ3v) is 7.05. The fourth-order valence-corrected chi connectivity index (χ4v) is 5.14. The largest absolute Gasteiger partial charge is 0.459 e. The molecule has 1 amide bonds. The fraction of sp³-hybridized carbons (Fsp3) is 0.207. The zero-order valence-electron chi connectivity index (χ0n) is 20.6. The number of thiocarbonyl (C=S) groups is 1. The molecule has 0 radical (unpaired) electrons. The van der Waals surface area contributed by atoms with Crippen LogP contribution in [0.4, 0.5) is 5.69 Å². The van der Waals surface area contributed by atoms with Gasteiger partial charge in [-0.3, -0.25) is 9.78 Å². The number of aromatic nitrogens is 1. The number of carbonyl (C=O) groups is 1. The monoisotopic (exact) mass is 530 g/mol.